The van der Waals surface area contributed by atoms with Crippen LogP contribution in [0.2, 0.25) is 0 Å². The molecule has 1 heterocycles. The second-order valence-electron chi connectivity index (χ2n) is 2.41. The summed E-state index contributed by atoms with van der Waals surface area (Å²) in [7, 11) is 0. The second-order valence-corrected chi connectivity index (χ2v) is 2.41. The van der Waals surface area contributed by atoms with Crippen LogP contribution in [0.15, 0.2) is 17.1 Å². The minimum absolute atomic E-state index is 0.172. The maximum Gasteiger partial charge on any atom is 0.417 e. The molecule has 4 nitrogen and oxygen atoms in total. The van der Waals surface area contributed by atoms with Gasteiger partial charge in [-0.3, -0.25) is 4.79 Å². The van der Waals surface area contributed by atoms with E-state index in [9.17, 15) is 27.9 Å². The molecule has 76 valence electrons. The third-order valence-electron chi connectivity index (χ3n) is 1.45. The first kappa shape index (κ1) is 10.3. The van der Waals surface area contributed by atoms with Crippen LogP contribution >= 0.6 is 0 Å². The van der Waals surface area contributed by atoms with Gasteiger partial charge >= 0.3 is 6.18 Å². The third kappa shape index (κ3) is 1.93. The summed E-state index contributed by atoms with van der Waals surface area (Å²) in [5.74, 6) is -1.99. The highest BCUT2D eigenvalue weighted by molar-refractivity contribution is 5.87. The molecule has 0 amide bonds. The number of hydrogen-bond donors (Lipinski definition) is 1. The highest BCUT2D eigenvalue weighted by Crippen LogP contribution is 2.30. The monoisotopic (exact) mass is 206 g/mol. The molecule has 0 atom stereocenters. The van der Waals surface area contributed by atoms with E-state index < -0.39 is 28.8 Å². The van der Waals surface area contributed by atoms with Gasteiger partial charge < -0.3 is 14.9 Å². The van der Waals surface area contributed by atoms with Crippen LogP contribution in [0.1, 0.15) is 15.9 Å². The molecule has 0 aliphatic heterocycles. The Hall–Kier alpha value is -1.79. The molecule has 0 saturated carbocycles. The molecule has 0 saturated heterocycles. The van der Waals surface area contributed by atoms with Crippen LogP contribution in [0.4, 0.5) is 13.2 Å². The molecular formula is C7H3F3NO3-. The van der Waals surface area contributed by atoms with E-state index in [0.717, 1.165) is 0 Å². The topological polar surface area (TPSA) is 73.0 Å². The van der Waals surface area contributed by atoms with E-state index >= 15 is 0 Å². The lowest BCUT2D eigenvalue weighted by Crippen LogP contribution is -2.28. The first-order chi connectivity index (χ1) is 6.32. The van der Waals surface area contributed by atoms with Crippen LogP contribution < -0.4 is 10.7 Å². The average Bonchev–Trinajstić information content (AvgIpc) is 2.01. The average molecular weight is 206 g/mol. The van der Waals surface area contributed by atoms with Crippen molar-refractivity contribution in [2.45, 2.75) is 6.18 Å². The lowest BCUT2D eigenvalue weighted by Gasteiger charge is -2.11. The highest BCUT2D eigenvalue weighted by Gasteiger charge is 2.34. The molecule has 0 radical (unpaired) electrons. The summed E-state index contributed by atoms with van der Waals surface area (Å²) in [4.78, 5) is 22.6. The lowest BCUT2D eigenvalue weighted by atomic mass is 10.1. The Labute approximate surface area is 75.0 Å². The minimum atomic E-state index is -4.89. The smallest absolute Gasteiger partial charge is 0.417 e. The summed E-state index contributed by atoms with van der Waals surface area (Å²) in [6, 6.07) is 0.172. The number of pyridine rings is 1. The summed E-state index contributed by atoms with van der Waals surface area (Å²) in [5.41, 5.74) is -3.62. The number of nitrogens with one attached hydrogen (secondary N) is 1. The van der Waals surface area contributed by atoms with Crippen LogP contribution in [0.3, 0.4) is 0 Å². The maximum atomic E-state index is 12.1. The summed E-state index contributed by atoms with van der Waals surface area (Å²) in [6.07, 6.45) is -4.43. The molecule has 1 aromatic rings. The number of rotatable bonds is 1. The molecule has 1 aromatic heterocycles. The molecule has 14 heavy (non-hydrogen) atoms. The van der Waals surface area contributed by atoms with E-state index in [1.807, 2.05) is 4.98 Å². The number of carboxylic acid groups (broad SMARTS) is 1. The lowest BCUT2D eigenvalue weighted by molar-refractivity contribution is -0.255. The van der Waals surface area contributed by atoms with Gasteiger partial charge in [0.25, 0.3) is 0 Å². The van der Waals surface area contributed by atoms with Gasteiger partial charge in [0.1, 0.15) is 0 Å². The first-order valence-corrected chi connectivity index (χ1v) is 3.33. The van der Waals surface area contributed by atoms with Crippen molar-refractivity contribution in [3.05, 3.63) is 33.7 Å². The Kier molecular flexibility index (Phi) is 2.33. The van der Waals surface area contributed by atoms with Gasteiger partial charge in [-0.25, -0.2) is 0 Å². The van der Waals surface area contributed by atoms with Gasteiger partial charge in [0.15, 0.2) is 0 Å². The normalized spacial score (nSPS) is 11.4. The molecule has 0 spiro atoms. The predicted octanol–water partition coefficient (Wildman–Crippen LogP) is -0.243. The van der Waals surface area contributed by atoms with Crippen molar-refractivity contribution in [2.24, 2.45) is 0 Å². The number of hydrogen-bond acceptors (Lipinski definition) is 3. The zero-order valence-electron chi connectivity index (χ0n) is 6.51. The molecule has 0 aromatic carbocycles. The van der Waals surface area contributed by atoms with Crippen LogP contribution in [0, 0.1) is 0 Å². The Bertz CT molecular complexity index is 421. The van der Waals surface area contributed by atoms with Crippen LogP contribution in [0.5, 0.6) is 0 Å². The number of alkyl halides is 3. The van der Waals surface area contributed by atoms with Crippen molar-refractivity contribution in [3.63, 3.8) is 0 Å². The molecule has 0 unspecified atom stereocenters. The number of halogens is 3. The fourth-order valence-corrected chi connectivity index (χ4v) is 0.875. The molecular weight excluding hydrogens is 203 g/mol. The van der Waals surface area contributed by atoms with E-state index in [1.54, 1.807) is 0 Å². The van der Waals surface area contributed by atoms with Gasteiger partial charge in [0.05, 0.1) is 11.5 Å². The van der Waals surface area contributed by atoms with Crippen molar-refractivity contribution in [3.8, 4) is 0 Å². The predicted molar refractivity (Wildman–Crippen MR) is 36.4 cm³/mol. The van der Waals surface area contributed by atoms with Crippen LogP contribution in [-0.4, -0.2) is 11.0 Å². The van der Waals surface area contributed by atoms with Gasteiger partial charge in [-0.15, -0.1) is 0 Å². The van der Waals surface area contributed by atoms with Crippen molar-refractivity contribution >= 4 is 5.97 Å². The van der Waals surface area contributed by atoms with E-state index in [4.69, 9.17) is 0 Å². The number of carboxylic acids is 1. The molecule has 1 N–H and O–H groups in total. The summed E-state index contributed by atoms with van der Waals surface area (Å²) >= 11 is 0. The Balaban J connectivity index is 3.45. The number of carbonyl (C=O) groups is 1. The van der Waals surface area contributed by atoms with E-state index in [0.29, 0.717) is 6.20 Å². The molecule has 0 bridgehead atoms. The van der Waals surface area contributed by atoms with Crippen LogP contribution in [0.25, 0.3) is 0 Å². The standard InChI is InChI=1S/C7H4F3NO3/c8-7(9,10)4-1-5(12)11-2-3(4)6(13)14/h1-2H,(H,11,12)(H,13,14)/p-1. The second kappa shape index (κ2) is 3.17. The van der Waals surface area contributed by atoms with Gasteiger partial charge in [-0.2, -0.15) is 13.2 Å². The van der Waals surface area contributed by atoms with Crippen molar-refractivity contribution in [1.82, 2.24) is 4.98 Å². The largest absolute Gasteiger partial charge is 0.545 e. The van der Waals surface area contributed by atoms with E-state index in [1.165, 1.54) is 0 Å². The molecule has 0 fully saturated rings. The Morgan fingerprint density at radius 2 is 2.00 bits per heavy atom. The summed E-state index contributed by atoms with van der Waals surface area (Å²) in [6.45, 7) is 0. The van der Waals surface area contributed by atoms with Crippen molar-refractivity contribution in [1.29, 1.82) is 0 Å². The fourth-order valence-electron chi connectivity index (χ4n) is 0.875. The zero-order valence-corrected chi connectivity index (χ0v) is 6.51. The van der Waals surface area contributed by atoms with E-state index in [-0.39, 0.29) is 6.07 Å². The van der Waals surface area contributed by atoms with Gasteiger partial charge in [0.2, 0.25) is 5.56 Å². The molecule has 7 heteroatoms. The van der Waals surface area contributed by atoms with Crippen molar-refractivity contribution < 1.29 is 23.1 Å². The quantitative estimate of drug-likeness (QED) is 0.688. The van der Waals surface area contributed by atoms with Gasteiger partial charge in [-0.05, 0) is 0 Å². The fraction of sp³-hybridized carbons (Fsp3) is 0.143. The SMILES string of the molecule is O=C([O-])c1c[nH]c(=O)cc1C(F)(F)F. The van der Waals surface area contributed by atoms with Gasteiger partial charge in [-0.1, -0.05) is 0 Å². The number of H-pyrrole nitrogens is 1. The summed E-state index contributed by atoms with van der Waals surface area (Å²) in [5, 5.41) is 10.2. The van der Waals surface area contributed by atoms with Crippen molar-refractivity contribution in [2.75, 3.05) is 0 Å². The number of aromatic nitrogens is 1. The number of aromatic carboxylic acids is 1. The van der Waals surface area contributed by atoms with Gasteiger partial charge in [0, 0.05) is 17.8 Å². The van der Waals surface area contributed by atoms with E-state index in [2.05, 4.69) is 0 Å². The first-order valence-electron chi connectivity index (χ1n) is 3.33. The Morgan fingerprint density at radius 1 is 1.43 bits per heavy atom. The highest BCUT2D eigenvalue weighted by atomic mass is 19.4. The zero-order chi connectivity index (χ0) is 10.9. The van der Waals surface area contributed by atoms with Crippen LogP contribution in [-0.2, 0) is 6.18 Å². The third-order valence-corrected chi connectivity index (χ3v) is 1.45. The maximum absolute atomic E-state index is 12.1. The Morgan fingerprint density at radius 3 is 2.43 bits per heavy atom. The number of aromatic amines is 1. The minimum Gasteiger partial charge on any atom is -0.545 e. The molecule has 0 aliphatic rings. The number of carbonyl (C=O) groups excluding carboxylic acids is 1. The summed E-state index contributed by atoms with van der Waals surface area (Å²) < 4.78 is 36.4. The molecule has 0 aliphatic carbocycles. The molecule has 1 rings (SSSR count).